The van der Waals surface area contributed by atoms with E-state index < -0.39 is 0 Å². The second kappa shape index (κ2) is 6.02. The van der Waals surface area contributed by atoms with Crippen molar-refractivity contribution in [2.45, 2.75) is 19.4 Å². The number of rotatable bonds is 5. The lowest BCUT2D eigenvalue weighted by Crippen LogP contribution is -2.38. The SMILES string of the molecule is COCC1CCCN(CCn2cc(N)cn2)C1. The van der Waals surface area contributed by atoms with E-state index in [2.05, 4.69) is 10.00 Å². The first-order chi connectivity index (χ1) is 8.28. The number of nitrogens with zero attached hydrogens (tertiary/aromatic N) is 3. The number of aromatic nitrogens is 2. The third-order valence-electron chi connectivity index (χ3n) is 3.30. The summed E-state index contributed by atoms with van der Waals surface area (Å²) in [4.78, 5) is 2.49. The lowest BCUT2D eigenvalue weighted by atomic mass is 9.99. The lowest BCUT2D eigenvalue weighted by molar-refractivity contribution is 0.0885. The Morgan fingerprint density at radius 3 is 3.12 bits per heavy atom. The zero-order chi connectivity index (χ0) is 12.1. The summed E-state index contributed by atoms with van der Waals surface area (Å²) in [5.74, 6) is 0.691. The molecule has 1 aliphatic heterocycles. The van der Waals surface area contributed by atoms with E-state index in [1.54, 1.807) is 13.3 Å². The molecule has 1 unspecified atom stereocenters. The minimum absolute atomic E-state index is 0.691. The molecule has 1 saturated heterocycles. The average molecular weight is 238 g/mol. The highest BCUT2D eigenvalue weighted by Crippen LogP contribution is 2.16. The maximum Gasteiger partial charge on any atom is 0.0719 e. The van der Waals surface area contributed by atoms with Crippen molar-refractivity contribution in [2.75, 3.05) is 39.1 Å². The second-order valence-electron chi connectivity index (χ2n) is 4.80. The Bertz CT molecular complexity index is 337. The molecule has 96 valence electrons. The molecule has 0 amide bonds. The molecule has 0 saturated carbocycles. The minimum Gasteiger partial charge on any atom is -0.396 e. The smallest absolute Gasteiger partial charge is 0.0719 e. The molecule has 0 aromatic carbocycles. The number of likely N-dealkylation sites (tertiary alicyclic amines) is 1. The molecule has 1 aliphatic rings. The lowest BCUT2D eigenvalue weighted by Gasteiger charge is -2.32. The van der Waals surface area contributed by atoms with Crippen LogP contribution in [-0.4, -0.2) is 48.0 Å². The number of ether oxygens (including phenoxy) is 1. The van der Waals surface area contributed by atoms with Crippen molar-refractivity contribution in [3.63, 3.8) is 0 Å². The van der Waals surface area contributed by atoms with Crippen molar-refractivity contribution in [3.05, 3.63) is 12.4 Å². The Morgan fingerprint density at radius 1 is 1.53 bits per heavy atom. The third kappa shape index (κ3) is 3.71. The van der Waals surface area contributed by atoms with E-state index >= 15 is 0 Å². The van der Waals surface area contributed by atoms with Crippen LogP contribution in [0.5, 0.6) is 0 Å². The summed E-state index contributed by atoms with van der Waals surface area (Å²) in [5.41, 5.74) is 6.37. The van der Waals surface area contributed by atoms with Crippen LogP contribution in [0.4, 0.5) is 5.69 Å². The van der Waals surface area contributed by atoms with Gasteiger partial charge in [0, 0.05) is 26.4 Å². The Balaban J connectivity index is 1.75. The second-order valence-corrected chi connectivity index (χ2v) is 4.80. The molecule has 0 aliphatic carbocycles. The van der Waals surface area contributed by atoms with Crippen molar-refractivity contribution < 1.29 is 4.74 Å². The number of nitrogens with two attached hydrogens (primary N) is 1. The summed E-state index contributed by atoms with van der Waals surface area (Å²) in [5, 5.41) is 4.20. The largest absolute Gasteiger partial charge is 0.396 e. The van der Waals surface area contributed by atoms with Crippen molar-refractivity contribution >= 4 is 5.69 Å². The molecule has 5 heteroatoms. The Morgan fingerprint density at radius 2 is 2.41 bits per heavy atom. The average Bonchev–Trinajstić information content (AvgIpc) is 2.74. The fourth-order valence-corrected chi connectivity index (χ4v) is 2.47. The molecule has 2 heterocycles. The van der Waals surface area contributed by atoms with Crippen LogP contribution in [-0.2, 0) is 11.3 Å². The summed E-state index contributed by atoms with van der Waals surface area (Å²) in [6, 6.07) is 0. The topological polar surface area (TPSA) is 56.3 Å². The van der Waals surface area contributed by atoms with E-state index in [0.717, 1.165) is 31.9 Å². The molecule has 0 spiro atoms. The van der Waals surface area contributed by atoms with Gasteiger partial charge < -0.3 is 15.4 Å². The highest BCUT2D eigenvalue weighted by Gasteiger charge is 2.19. The molecule has 1 fully saturated rings. The minimum atomic E-state index is 0.691. The highest BCUT2D eigenvalue weighted by atomic mass is 16.5. The first-order valence-electron chi connectivity index (χ1n) is 6.27. The summed E-state index contributed by atoms with van der Waals surface area (Å²) >= 11 is 0. The standard InChI is InChI=1S/C12H22N4O/c1-17-10-11-3-2-4-15(8-11)5-6-16-9-12(13)7-14-16/h7,9,11H,2-6,8,10,13H2,1H3. The van der Waals surface area contributed by atoms with Crippen LogP contribution in [0.2, 0.25) is 0 Å². The van der Waals surface area contributed by atoms with Crippen LogP contribution in [0.3, 0.4) is 0 Å². The van der Waals surface area contributed by atoms with Crippen molar-refractivity contribution in [3.8, 4) is 0 Å². The summed E-state index contributed by atoms with van der Waals surface area (Å²) in [6.07, 6.45) is 6.15. The van der Waals surface area contributed by atoms with E-state index in [0.29, 0.717) is 5.92 Å². The number of hydrogen-bond acceptors (Lipinski definition) is 4. The van der Waals surface area contributed by atoms with E-state index in [-0.39, 0.29) is 0 Å². The number of hydrogen-bond donors (Lipinski definition) is 1. The maximum absolute atomic E-state index is 5.64. The quantitative estimate of drug-likeness (QED) is 0.825. The number of piperidine rings is 1. The molecule has 2 rings (SSSR count). The van der Waals surface area contributed by atoms with Crippen LogP contribution in [0.1, 0.15) is 12.8 Å². The monoisotopic (exact) mass is 238 g/mol. The van der Waals surface area contributed by atoms with E-state index in [9.17, 15) is 0 Å². The van der Waals surface area contributed by atoms with Gasteiger partial charge in [-0.15, -0.1) is 0 Å². The molecule has 0 radical (unpaired) electrons. The Labute approximate surface area is 103 Å². The normalized spacial score (nSPS) is 21.8. The maximum atomic E-state index is 5.64. The predicted octanol–water partition coefficient (Wildman–Crippen LogP) is 0.824. The summed E-state index contributed by atoms with van der Waals surface area (Å²) < 4.78 is 7.15. The zero-order valence-electron chi connectivity index (χ0n) is 10.5. The fourth-order valence-electron chi connectivity index (χ4n) is 2.47. The van der Waals surface area contributed by atoms with Crippen LogP contribution in [0, 0.1) is 5.92 Å². The molecule has 1 aromatic heterocycles. The van der Waals surface area contributed by atoms with Crippen LogP contribution < -0.4 is 5.73 Å². The Kier molecular flexibility index (Phi) is 4.39. The van der Waals surface area contributed by atoms with Crippen molar-refractivity contribution in [2.24, 2.45) is 5.92 Å². The van der Waals surface area contributed by atoms with Crippen molar-refractivity contribution in [1.82, 2.24) is 14.7 Å². The van der Waals surface area contributed by atoms with Gasteiger partial charge >= 0.3 is 0 Å². The number of nitrogen functional groups attached to an aromatic ring is 1. The van der Waals surface area contributed by atoms with E-state index in [4.69, 9.17) is 10.5 Å². The van der Waals surface area contributed by atoms with Gasteiger partial charge in [0.25, 0.3) is 0 Å². The van der Waals surface area contributed by atoms with E-state index in [1.807, 2.05) is 10.9 Å². The van der Waals surface area contributed by atoms with Gasteiger partial charge in [0.2, 0.25) is 0 Å². The summed E-state index contributed by atoms with van der Waals surface area (Å²) in [6.45, 7) is 5.17. The molecular weight excluding hydrogens is 216 g/mol. The number of anilines is 1. The highest BCUT2D eigenvalue weighted by molar-refractivity contribution is 5.30. The van der Waals surface area contributed by atoms with Gasteiger partial charge in [-0.2, -0.15) is 5.10 Å². The fraction of sp³-hybridized carbons (Fsp3) is 0.750. The van der Waals surface area contributed by atoms with Crippen LogP contribution in [0.15, 0.2) is 12.4 Å². The predicted molar refractivity (Wildman–Crippen MR) is 67.7 cm³/mol. The first kappa shape index (κ1) is 12.4. The van der Waals surface area contributed by atoms with E-state index in [1.165, 1.54) is 19.4 Å². The molecule has 17 heavy (non-hydrogen) atoms. The Hall–Kier alpha value is -1.07. The van der Waals surface area contributed by atoms with Gasteiger partial charge in [-0.3, -0.25) is 4.68 Å². The van der Waals surface area contributed by atoms with Gasteiger partial charge in [-0.05, 0) is 25.3 Å². The molecular formula is C12H22N4O. The third-order valence-corrected chi connectivity index (χ3v) is 3.30. The van der Waals surface area contributed by atoms with Gasteiger partial charge in [0.05, 0.1) is 25.0 Å². The first-order valence-corrected chi connectivity index (χ1v) is 6.27. The van der Waals surface area contributed by atoms with Gasteiger partial charge in [0.15, 0.2) is 0 Å². The number of methoxy groups -OCH3 is 1. The molecule has 2 N–H and O–H groups in total. The molecule has 5 nitrogen and oxygen atoms in total. The zero-order valence-corrected chi connectivity index (χ0v) is 10.5. The molecule has 0 bridgehead atoms. The van der Waals surface area contributed by atoms with Crippen molar-refractivity contribution in [1.29, 1.82) is 0 Å². The van der Waals surface area contributed by atoms with Gasteiger partial charge in [-0.25, -0.2) is 0 Å². The molecule has 1 atom stereocenters. The van der Waals surface area contributed by atoms with Crippen LogP contribution in [0.25, 0.3) is 0 Å². The van der Waals surface area contributed by atoms with Gasteiger partial charge in [-0.1, -0.05) is 0 Å². The van der Waals surface area contributed by atoms with Gasteiger partial charge in [0.1, 0.15) is 0 Å². The van der Waals surface area contributed by atoms with Crippen LogP contribution >= 0.6 is 0 Å². The summed E-state index contributed by atoms with van der Waals surface area (Å²) in [7, 11) is 1.78. The molecule has 1 aromatic rings.